The van der Waals surface area contributed by atoms with Crippen LogP contribution in [0.2, 0.25) is 0 Å². The fraction of sp³-hybridized carbons (Fsp3) is 0.667. The van der Waals surface area contributed by atoms with E-state index in [2.05, 4.69) is 5.32 Å². The smallest absolute Gasteiger partial charge is 0.326 e. The van der Waals surface area contributed by atoms with Gasteiger partial charge in [-0.1, -0.05) is 13.8 Å². The molecule has 0 rings (SSSR count). The van der Waals surface area contributed by atoms with Gasteiger partial charge < -0.3 is 16.2 Å². The summed E-state index contributed by atoms with van der Waals surface area (Å²) < 4.78 is 0. The van der Waals surface area contributed by atoms with Crippen molar-refractivity contribution >= 4 is 11.9 Å². The molecule has 5 N–H and O–H groups in total. The molecule has 0 aromatic carbocycles. The second kappa shape index (κ2) is 3.80. The van der Waals surface area contributed by atoms with E-state index in [1.807, 2.05) is 0 Å². The van der Waals surface area contributed by atoms with Crippen molar-refractivity contribution in [2.75, 3.05) is 0 Å². The van der Waals surface area contributed by atoms with Crippen molar-refractivity contribution in [2.24, 2.45) is 11.7 Å². The third-order valence-electron chi connectivity index (χ3n) is 1.24. The van der Waals surface area contributed by atoms with Crippen molar-refractivity contribution in [1.82, 2.24) is 5.32 Å². The molecule has 0 aliphatic rings. The first kappa shape index (κ1) is 9.74. The van der Waals surface area contributed by atoms with Crippen LogP contribution in [-0.2, 0) is 4.79 Å². The summed E-state index contributed by atoms with van der Waals surface area (Å²) in [6.45, 7) is 3.49. The number of nitrogens with two attached hydrogens (primary N) is 1. The van der Waals surface area contributed by atoms with E-state index < -0.39 is 12.0 Å². The molecule has 0 heterocycles. The first-order chi connectivity index (χ1) is 4.95. The summed E-state index contributed by atoms with van der Waals surface area (Å²) >= 11 is 0. The van der Waals surface area contributed by atoms with Gasteiger partial charge in [0.15, 0.2) is 5.96 Å². The number of carboxylic acid groups (broad SMARTS) is 1. The number of nitrogens with one attached hydrogen (secondary N) is 2. The second-order valence-corrected chi connectivity index (χ2v) is 2.62. The number of guanidine groups is 1. The molecular weight excluding hydrogens is 146 g/mol. The fourth-order valence-electron chi connectivity index (χ4n) is 0.681. The Morgan fingerprint density at radius 2 is 2.09 bits per heavy atom. The number of hydrogen-bond donors (Lipinski definition) is 4. The van der Waals surface area contributed by atoms with Crippen LogP contribution in [0.5, 0.6) is 0 Å². The van der Waals surface area contributed by atoms with Crippen LogP contribution in [0.3, 0.4) is 0 Å². The topological polar surface area (TPSA) is 99.2 Å². The molecule has 0 radical (unpaired) electrons. The molecule has 0 fully saturated rings. The minimum atomic E-state index is -0.991. The summed E-state index contributed by atoms with van der Waals surface area (Å²) in [6.07, 6.45) is 0. The maximum Gasteiger partial charge on any atom is 0.326 e. The molecule has 0 aliphatic carbocycles. The molecule has 0 saturated carbocycles. The first-order valence-corrected chi connectivity index (χ1v) is 3.28. The predicted octanol–water partition coefficient (Wildman–Crippen LogP) is -0.421. The van der Waals surface area contributed by atoms with Gasteiger partial charge in [-0.15, -0.1) is 0 Å². The summed E-state index contributed by atoms with van der Waals surface area (Å²) in [5, 5.41) is 17.7. The van der Waals surface area contributed by atoms with Crippen LogP contribution in [0.4, 0.5) is 0 Å². The lowest BCUT2D eigenvalue weighted by molar-refractivity contribution is -0.140. The summed E-state index contributed by atoms with van der Waals surface area (Å²) in [6, 6.07) is -0.771. The van der Waals surface area contributed by atoms with Crippen LogP contribution in [0, 0.1) is 11.3 Å². The third-order valence-corrected chi connectivity index (χ3v) is 1.24. The van der Waals surface area contributed by atoms with Gasteiger partial charge in [0.05, 0.1) is 0 Å². The van der Waals surface area contributed by atoms with Crippen LogP contribution in [0.25, 0.3) is 0 Å². The zero-order valence-corrected chi connectivity index (χ0v) is 6.59. The molecular formula is C6H13N3O2. The highest BCUT2D eigenvalue weighted by atomic mass is 16.4. The fourth-order valence-corrected chi connectivity index (χ4v) is 0.681. The van der Waals surface area contributed by atoms with Crippen LogP contribution in [0.1, 0.15) is 13.8 Å². The first-order valence-electron chi connectivity index (χ1n) is 3.28. The van der Waals surface area contributed by atoms with Gasteiger partial charge in [-0.2, -0.15) is 0 Å². The van der Waals surface area contributed by atoms with Gasteiger partial charge in [0.25, 0.3) is 0 Å². The highest BCUT2D eigenvalue weighted by Gasteiger charge is 2.20. The zero-order chi connectivity index (χ0) is 9.02. The van der Waals surface area contributed by atoms with Crippen LogP contribution in [0.15, 0.2) is 0 Å². The van der Waals surface area contributed by atoms with Crippen molar-refractivity contribution < 1.29 is 9.90 Å². The molecule has 11 heavy (non-hydrogen) atoms. The van der Waals surface area contributed by atoms with E-state index in [-0.39, 0.29) is 11.9 Å². The molecule has 0 amide bonds. The number of aliphatic carboxylic acids is 1. The average molecular weight is 159 g/mol. The molecule has 64 valence electrons. The summed E-state index contributed by atoms with van der Waals surface area (Å²) in [7, 11) is 0. The Morgan fingerprint density at radius 3 is 2.18 bits per heavy atom. The van der Waals surface area contributed by atoms with Gasteiger partial charge in [0, 0.05) is 0 Å². The van der Waals surface area contributed by atoms with Gasteiger partial charge in [-0.3, -0.25) is 5.41 Å². The molecule has 0 aromatic heterocycles. The molecule has 0 aliphatic heterocycles. The van der Waals surface area contributed by atoms with Crippen molar-refractivity contribution in [2.45, 2.75) is 19.9 Å². The van der Waals surface area contributed by atoms with Gasteiger partial charge >= 0.3 is 5.97 Å². The summed E-state index contributed by atoms with van der Waals surface area (Å²) in [5.74, 6) is -1.39. The molecule has 0 bridgehead atoms. The predicted molar refractivity (Wildman–Crippen MR) is 41.3 cm³/mol. The molecule has 0 aromatic rings. The molecule has 5 nitrogen and oxygen atoms in total. The lowest BCUT2D eigenvalue weighted by Crippen LogP contribution is -2.47. The Morgan fingerprint density at radius 1 is 1.64 bits per heavy atom. The van der Waals surface area contributed by atoms with E-state index in [1.54, 1.807) is 13.8 Å². The standard InChI is InChI=1S/C6H13N3O2/c1-3(2)4(5(10)11)9-6(7)8/h3-4H,1-2H3,(H,10,11)(H4,7,8,9)/t4-/m0/s1. The van der Waals surface area contributed by atoms with E-state index in [0.717, 1.165) is 0 Å². The lowest BCUT2D eigenvalue weighted by atomic mass is 10.1. The van der Waals surface area contributed by atoms with Gasteiger partial charge in [0.1, 0.15) is 6.04 Å². The van der Waals surface area contributed by atoms with E-state index in [4.69, 9.17) is 16.2 Å². The number of hydrogen-bond acceptors (Lipinski definition) is 2. The van der Waals surface area contributed by atoms with Gasteiger partial charge in [-0.05, 0) is 5.92 Å². The Hall–Kier alpha value is -1.26. The van der Waals surface area contributed by atoms with Crippen LogP contribution in [-0.4, -0.2) is 23.1 Å². The number of carboxylic acids is 1. The van der Waals surface area contributed by atoms with Crippen molar-refractivity contribution in [3.05, 3.63) is 0 Å². The highest BCUT2D eigenvalue weighted by molar-refractivity contribution is 5.82. The number of rotatable bonds is 3. The third kappa shape index (κ3) is 3.44. The maximum atomic E-state index is 10.5. The summed E-state index contributed by atoms with van der Waals surface area (Å²) in [4.78, 5) is 10.5. The SMILES string of the molecule is CC(C)[C@H](NC(=N)N)C(=O)O. The van der Waals surface area contributed by atoms with E-state index in [0.29, 0.717) is 0 Å². The monoisotopic (exact) mass is 159 g/mol. The quantitative estimate of drug-likeness (QED) is 0.332. The lowest BCUT2D eigenvalue weighted by Gasteiger charge is -2.17. The average Bonchev–Trinajstić information content (AvgIpc) is 1.81. The van der Waals surface area contributed by atoms with Crippen molar-refractivity contribution in [3.8, 4) is 0 Å². The van der Waals surface area contributed by atoms with Crippen molar-refractivity contribution in [1.29, 1.82) is 5.41 Å². The normalized spacial score (nSPS) is 12.6. The molecule has 1 atom stereocenters. The highest BCUT2D eigenvalue weighted by Crippen LogP contribution is 2.00. The summed E-state index contributed by atoms with van der Waals surface area (Å²) in [5.41, 5.74) is 4.98. The zero-order valence-electron chi connectivity index (χ0n) is 6.59. The maximum absolute atomic E-state index is 10.5. The minimum Gasteiger partial charge on any atom is -0.480 e. The van der Waals surface area contributed by atoms with E-state index >= 15 is 0 Å². The van der Waals surface area contributed by atoms with Crippen LogP contribution < -0.4 is 11.1 Å². The van der Waals surface area contributed by atoms with E-state index in [9.17, 15) is 4.79 Å². The molecule has 0 saturated heterocycles. The van der Waals surface area contributed by atoms with Gasteiger partial charge in [0.2, 0.25) is 0 Å². The molecule has 5 heteroatoms. The van der Waals surface area contributed by atoms with Gasteiger partial charge in [-0.25, -0.2) is 4.79 Å². The molecule has 0 spiro atoms. The Bertz CT molecular complexity index is 167. The minimum absolute atomic E-state index is 0.0867. The van der Waals surface area contributed by atoms with E-state index in [1.165, 1.54) is 0 Å². The van der Waals surface area contributed by atoms with Crippen LogP contribution >= 0.6 is 0 Å². The second-order valence-electron chi connectivity index (χ2n) is 2.62. The largest absolute Gasteiger partial charge is 0.480 e. The number of carbonyl (C=O) groups is 1. The van der Waals surface area contributed by atoms with Crippen molar-refractivity contribution in [3.63, 3.8) is 0 Å². The molecule has 0 unspecified atom stereocenters. The Kier molecular flexibility index (Phi) is 3.36. The Labute approximate surface area is 65.1 Å². The Balaban J connectivity index is 4.12.